The molecule has 0 aromatic rings. The minimum absolute atomic E-state index is 0. The standard InChI is InChI=1S/C25H54N.3CHNS.Ca.2ClHO3.2K.H3N.2H/c1-5-8-11-14-17-20-23-26(4,24-21-18-15-12-9-6-2)25-22-19-16-13-10-7-3;3*2-1-3;;2*2-1(3)4;;;;;/h5-25H2,1-4H3;3*3H;;2*2H;;;1H3;;/q+1;;;;;;;2*+1;;;/p-3. The molecule has 0 saturated carbocycles. The third-order valence-electron chi connectivity index (χ3n) is 6.15. The zero-order valence-electron chi connectivity index (χ0n) is 29.4. The van der Waals surface area contributed by atoms with E-state index in [4.69, 9.17) is 43.7 Å². The van der Waals surface area contributed by atoms with Gasteiger partial charge in [-0.1, -0.05) is 114 Å². The van der Waals surface area contributed by atoms with Crippen LogP contribution in [0.2, 0.25) is 0 Å². The van der Waals surface area contributed by atoms with Crippen LogP contribution in [-0.4, -0.2) is 78.2 Å². The Bertz CT molecular complexity index is 554. The topological polar surface area (TPSA) is 239 Å². The number of rotatable bonds is 21. The summed E-state index contributed by atoms with van der Waals surface area (Å²) in [6.07, 6.45) is 25.9. The van der Waals surface area contributed by atoms with E-state index in [1.807, 2.05) is 0 Å². The van der Waals surface area contributed by atoms with Crippen molar-refractivity contribution in [2.45, 2.75) is 136 Å². The molecule has 0 unspecified atom stereocenters. The molecule has 0 heterocycles. The number of hydrogen-bond acceptors (Lipinski definition) is 13. The van der Waals surface area contributed by atoms with Crippen LogP contribution in [0, 0.1) is 53.6 Å². The van der Waals surface area contributed by atoms with Crippen molar-refractivity contribution in [3.8, 4) is 16.2 Å². The summed E-state index contributed by atoms with van der Waals surface area (Å²) in [6, 6.07) is 0. The Hall–Kier alpha value is 3.92. The summed E-state index contributed by atoms with van der Waals surface area (Å²) in [5.74, 6) is 0. The van der Waals surface area contributed by atoms with Gasteiger partial charge in [0.25, 0.3) is 21.6 Å². The Kier molecular flexibility index (Phi) is 121. The summed E-state index contributed by atoms with van der Waals surface area (Å²) in [7, 11) is -2.64. The van der Waals surface area contributed by atoms with Crippen LogP contribution >= 0.6 is 0 Å². The van der Waals surface area contributed by atoms with E-state index in [1.54, 1.807) is 0 Å². The van der Waals surface area contributed by atoms with E-state index in [9.17, 15) is 0 Å². The Morgan fingerprint density at radius 2 is 0.638 bits per heavy atom. The van der Waals surface area contributed by atoms with Crippen LogP contribution in [0.5, 0.6) is 0 Å². The summed E-state index contributed by atoms with van der Waals surface area (Å²) in [5, 5.41) is 25.4. The second-order valence-electron chi connectivity index (χ2n) is 9.77. The molecule has 0 bridgehead atoms. The van der Waals surface area contributed by atoms with Crippen LogP contribution in [0.3, 0.4) is 0 Å². The minimum Gasteiger partial charge on any atom is -0.321 e. The normalized spacial score (nSPS) is 8.62. The second-order valence-corrected chi connectivity index (χ2v) is 11.1. The molecule has 11 nitrogen and oxygen atoms in total. The van der Waals surface area contributed by atoms with Crippen LogP contribution in [-0.2, 0) is 37.9 Å². The predicted octanol–water partition coefficient (Wildman–Crippen LogP) is -4.06. The molecule has 47 heavy (non-hydrogen) atoms. The third kappa shape index (κ3) is 120. The van der Waals surface area contributed by atoms with Gasteiger partial charge in [0.05, 0.1) is 26.7 Å². The molecular formula is C28H61CaCl2K2N5O6S3. The van der Waals surface area contributed by atoms with Gasteiger partial charge in [0, 0.05) is 9.32 Å². The van der Waals surface area contributed by atoms with Crippen molar-refractivity contribution >= 4 is 75.6 Å². The molecule has 0 spiro atoms. The Morgan fingerprint density at radius 1 is 0.511 bits per heavy atom. The van der Waals surface area contributed by atoms with Gasteiger partial charge in [-0.15, -0.1) is 0 Å². The summed E-state index contributed by atoms with van der Waals surface area (Å²) in [6.45, 7) is 11.2. The third-order valence-corrected chi connectivity index (χ3v) is 6.15. The molecule has 0 aliphatic carbocycles. The minimum atomic E-state index is -2.60. The number of nitrogens with zero attached hydrogens (tertiary/aromatic N) is 4. The summed E-state index contributed by atoms with van der Waals surface area (Å²) in [4.78, 5) is 0. The summed E-state index contributed by atoms with van der Waals surface area (Å²) in [5.41, 5.74) is 0. The SMILES string of the molecule is CCCCCCCC[N+](C)(CCCCCCCC)CCCCCCCC.N.N#C[S-].N#C[S-].N#C[S-].[CaH2].[K+].[K+].[O-][Cl+2]([O-])O.[O-][Cl+2]([O-])O. The molecule has 0 amide bonds. The quantitative estimate of drug-likeness (QED) is 0.0328. The molecule has 0 aromatic carbocycles. The van der Waals surface area contributed by atoms with Crippen LogP contribution in [0.15, 0.2) is 0 Å². The first kappa shape index (κ1) is 75.8. The van der Waals surface area contributed by atoms with Gasteiger partial charge in [-0.05, 0) is 38.5 Å². The van der Waals surface area contributed by atoms with Crippen LogP contribution in [0.25, 0.3) is 0 Å². The fraction of sp³-hybridized carbons (Fsp3) is 0.893. The first-order chi connectivity index (χ1) is 20.4. The number of unbranched alkanes of at least 4 members (excludes halogenated alkanes) is 15. The first-order valence-electron chi connectivity index (χ1n) is 14.8. The average Bonchev–Trinajstić information content (AvgIpc) is 2.91. The largest absolute Gasteiger partial charge is 1.00 e. The van der Waals surface area contributed by atoms with Gasteiger partial charge in [0.2, 0.25) is 0 Å². The second kappa shape index (κ2) is 75.0. The Morgan fingerprint density at radius 3 is 0.787 bits per heavy atom. The van der Waals surface area contributed by atoms with Crippen molar-refractivity contribution in [2.24, 2.45) is 0 Å². The fourth-order valence-corrected chi connectivity index (χ4v) is 4.16. The van der Waals surface area contributed by atoms with Crippen LogP contribution < -0.4 is 128 Å². The zero-order chi connectivity index (χ0) is 34.6. The van der Waals surface area contributed by atoms with Gasteiger partial charge in [0.1, 0.15) is 0 Å². The average molecular weight is 849 g/mol. The number of thiocyanates is 3. The molecule has 19 heteroatoms. The number of hydrogen-bond donors (Lipinski definition) is 3. The molecule has 0 aliphatic heterocycles. The van der Waals surface area contributed by atoms with Gasteiger partial charge >= 0.3 is 141 Å². The molecular weight excluding hydrogens is 788 g/mol. The molecule has 5 N–H and O–H groups in total. The Labute approximate surface area is 425 Å². The number of nitriles is 3. The van der Waals surface area contributed by atoms with Crippen molar-refractivity contribution < 1.29 is 157 Å². The number of halogens is 2. The summed E-state index contributed by atoms with van der Waals surface area (Å²) < 4.78 is 49.3. The molecule has 0 rings (SSSR count). The van der Waals surface area contributed by atoms with E-state index in [0.29, 0.717) is 0 Å². The van der Waals surface area contributed by atoms with Crippen molar-refractivity contribution in [1.29, 1.82) is 15.8 Å². The maximum absolute atomic E-state index is 8.52. The molecule has 0 saturated heterocycles. The summed E-state index contributed by atoms with van der Waals surface area (Å²) >= 11 is 11.1. The van der Waals surface area contributed by atoms with E-state index in [-0.39, 0.29) is 147 Å². The molecule has 0 radical (unpaired) electrons. The molecule has 0 fully saturated rings. The smallest absolute Gasteiger partial charge is 0.321 e. The first-order valence-corrected chi connectivity index (χ1v) is 17.9. The molecule has 0 aliphatic rings. The molecule has 0 aromatic heterocycles. The Balaban J connectivity index is -0.0000000678. The van der Waals surface area contributed by atoms with E-state index in [1.165, 1.54) is 156 Å². The van der Waals surface area contributed by atoms with Crippen LogP contribution in [0.4, 0.5) is 0 Å². The van der Waals surface area contributed by atoms with Gasteiger partial charge in [0.15, 0.2) is 0 Å². The zero-order valence-corrected chi connectivity index (χ0v) is 39.6. The number of quaternary nitrogens is 1. The van der Waals surface area contributed by atoms with Crippen molar-refractivity contribution in [2.75, 3.05) is 26.7 Å². The maximum atomic E-state index is 8.52. The van der Waals surface area contributed by atoms with Crippen molar-refractivity contribution in [1.82, 2.24) is 6.15 Å². The predicted molar refractivity (Wildman–Crippen MR) is 178 cm³/mol. The van der Waals surface area contributed by atoms with E-state index < -0.39 is 21.6 Å². The van der Waals surface area contributed by atoms with E-state index in [0.717, 1.165) is 0 Å². The molecule has 270 valence electrons. The maximum Gasteiger partial charge on any atom is 1.00 e. The van der Waals surface area contributed by atoms with Gasteiger partial charge in [-0.2, -0.15) is 0 Å². The van der Waals surface area contributed by atoms with E-state index in [2.05, 4.69) is 65.7 Å². The van der Waals surface area contributed by atoms with Gasteiger partial charge in [-0.3, -0.25) is 0 Å². The monoisotopic (exact) mass is 847 g/mol. The van der Waals surface area contributed by atoms with Gasteiger partial charge in [-0.25, -0.2) is 15.8 Å². The van der Waals surface area contributed by atoms with Crippen molar-refractivity contribution in [3.63, 3.8) is 0 Å². The van der Waals surface area contributed by atoms with Crippen molar-refractivity contribution in [3.05, 3.63) is 0 Å². The van der Waals surface area contributed by atoms with E-state index >= 15 is 0 Å². The van der Waals surface area contributed by atoms with Gasteiger partial charge < -0.3 is 67.2 Å². The van der Waals surface area contributed by atoms with Crippen LogP contribution in [0.1, 0.15) is 136 Å². The molecule has 0 atom stereocenters. The fourth-order valence-electron chi connectivity index (χ4n) is 4.16.